The summed E-state index contributed by atoms with van der Waals surface area (Å²) >= 11 is 1.61. The maximum absolute atomic E-state index is 5.86. The van der Waals surface area contributed by atoms with E-state index < -0.39 is 0 Å². The third-order valence-corrected chi connectivity index (χ3v) is 5.30. The lowest BCUT2D eigenvalue weighted by molar-refractivity contribution is 0.218. The normalized spacial score (nSPS) is 13.4. The fourth-order valence-electron chi connectivity index (χ4n) is 2.63. The maximum atomic E-state index is 5.86. The molecular formula is C20H25N3OS. The maximum Gasteiger partial charge on any atom is 0.257 e. The number of hydrogen-bond donors (Lipinski definition) is 0. The van der Waals surface area contributed by atoms with Crippen molar-refractivity contribution >= 4 is 11.3 Å². The second-order valence-corrected chi connectivity index (χ2v) is 8.41. The number of hydrogen-bond acceptors (Lipinski definition) is 5. The van der Waals surface area contributed by atoms with E-state index in [1.165, 1.54) is 11.1 Å². The zero-order chi connectivity index (χ0) is 18.0. The molecule has 1 atom stereocenters. The van der Waals surface area contributed by atoms with E-state index in [0.717, 1.165) is 11.4 Å². The number of rotatable bonds is 5. The first-order chi connectivity index (χ1) is 11.8. The van der Waals surface area contributed by atoms with Gasteiger partial charge < -0.3 is 4.42 Å². The fraction of sp³-hybridized carbons (Fsp3) is 0.400. The molecule has 0 radical (unpaired) electrons. The fourth-order valence-corrected chi connectivity index (χ4v) is 3.27. The molecule has 0 saturated carbocycles. The molecule has 132 valence electrons. The van der Waals surface area contributed by atoms with Crippen LogP contribution in [-0.4, -0.2) is 22.1 Å². The van der Waals surface area contributed by atoms with Crippen LogP contribution in [0.1, 0.15) is 50.8 Å². The number of aromatic nitrogens is 2. The minimum Gasteiger partial charge on any atom is -0.418 e. The molecule has 0 fully saturated rings. The van der Waals surface area contributed by atoms with Crippen LogP contribution < -0.4 is 0 Å². The summed E-state index contributed by atoms with van der Waals surface area (Å²) in [5.41, 5.74) is 2.81. The molecule has 2 aromatic heterocycles. The molecule has 4 nitrogen and oxygen atoms in total. The van der Waals surface area contributed by atoms with Crippen LogP contribution in [0, 0.1) is 0 Å². The molecule has 0 bridgehead atoms. The van der Waals surface area contributed by atoms with Gasteiger partial charge in [-0.25, -0.2) is 0 Å². The number of thiophene rings is 1. The highest BCUT2D eigenvalue weighted by Crippen LogP contribution is 2.27. The smallest absolute Gasteiger partial charge is 0.257 e. The lowest BCUT2D eigenvalue weighted by Crippen LogP contribution is -2.22. The first-order valence-corrected chi connectivity index (χ1v) is 9.39. The third-order valence-electron chi connectivity index (χ3n) is 4.44. The third kappa shape index (κ3) is 4.17. The molecule has 3 aromatic rings. The van der Waals surface area contributed by atoms with Gasteiger partial charge in [-0.3, -0.25) is 4.90 Å². The van der Waals surface area contributed by atoms with Gasteiger partial charge in [0, 0.05) is 6.54 Å². The van der Waals surface area contributed by atoms with E-state index in [-0.39, 0.29) is 11.5 Å². The molecule has 5 heteroatoms. The monoisotopic (exact) mass is 355 g/mol. The summed E-state index contributed by atoms with van der Waals surface area (Å²) in [6.07, 6.45) is 0. The van der Waals surface area contributed by atoms with Gasteiger partial charge in [-0.15, -0.1) is 21.5 Å². The van der Waals surface area contributed by atoms with Crippen molar-refractivity contribution in [3.05, 3.63) is 58.8 Å². The topological polar surface area (TPSA) is 42.2 Å². The van der Waals surface area contributed by atoms with E-state index in [4.69, 9.17) is 4.42 Å². The molecule has 1 aromatic carbocycles. The number of benzene rings is 1. The van der Waals surface area contributed by atoms with Crippen LogP contribution >= 0.6 is 11.3 Å². The molecular weight excluding hydrogens is 330 g/mol. The summed E-state index contributed by atoms with van der Waals surface area (Å²) in [4.78, 5) is 3.23. The minimum atomic E-state index is 0.0588. The van der Waals surface area contributed by atoms with E-state index in [1.54, 1.807) is 11.3 Å². The second kappa shape index (κ2) is 7.10. The second-order valence-electron chi connectivity index (χ2n) is 7.46. The lowest BCUT2D eigenvalue weighted by atomic mass is 9.87. The van der Waals surface area contributed by atoms with Gasteiger partial charge in [0.05, 0.1) is 10.9 Å². The predicted octanol–water partition coefficient (Wildman–Crippen LogP) is 5.29. The first-order valence-electron chi connectivity index (χ1n) is 8.51. The quantitative estimate of drug-likeness (QED) is 0.624. The van der Waals surface area contributed by atoms with Crippen molar-refractivity contribution in [2.24, 2.45) is 0 Å². The summed E-state index contributed by atoms with van der Waals surface area (Å²) in [7, 11) is 2.08. The van der Waals surface area contributed by atoms with Crippen LogP contribution in [0.5, 0.6) is 0 Å². The molecule has 1 unspecified atom stereocenters. The zero-order valence-electron chi connectivity index (χ0n) is 15.5. The Balaban J connectivity index is 1.67. The molecule has 3 rings (SSSR count). The predicted molar refractivity (Wildman–Crippen MR) is 103 cm³/mol. The Morgan fingerprint density at radius 1 is 1.12 bits per heavy atom. The van der Waals surface area contributed by atoms with Crippen molar-refractivity contribution in [2.45, 2.75) is 45.7 Å². The summed E-state index contributed by atoms with van der Waals surface area (Å²) in [5.74, 6) is 1.25. The van der Waals surface area contributed by atoms with Crippen LogP contribution in [0.15, 0.2) is 46.2 Å². The Kier molecular flexibility index (Phi) is 5.06. The van der Waals surface area contributed by atoms with Crippen LogP contribution in [0.4, 0.5) is 0 Å². The van der Waals surface area contributed by atoms with Crippen LogP contribution in [0.3, 0.4) is 0 Å². The summed E-state index contributed by atoms with van der Waals surface area (Å²) < 4.78 is 5.86. The largest absolute Gasteiger partial charge is 0.418 e. The Bertz CT molecular complexity index is 800. The molecule has 0 aliphatic rings. The highest BCUT2D eigenvalue weighted by Gasteiger charge is 2.20. The Hall–Kier alpha value is -1.98. The van der Waals surface area contributed by atoms with Crippen molar-refractivity contribution in [3.63, 3.8) is 0 Å². The minimum absolute atomic E-state index is 0.0588. The van der Waals surface area contributed by atoms with Crippen LogP contribution in [0.2, 0.25) is 0 Å². The molecule has 2 heterocycles. The summed E-state index contributed by atoms with van der Waals surface area (Å²) in [6.45, 7) is 9.63. The van der Waals surface area contributed by atoms with Gasteiger partial charge in [-0.05, 0) is 42.0 Å². The standard InChI is InChI=1S/C20H25N3OS/c1-14(18-21-22-19(24-18)17-7-6-12-25-17)23(5)13-15-8-10-16(11-9-15)20(2,3)4/h6-12,14H,13H2,1-5H3. The summed E-state index contributed by atoms with van der Waals surface area (Å²) in [5, 5.41) is 10.4. The van der Waals surface area contributed by atoms with Crippen molar-refractivity contribution in [2.75, 3.05) is 7.05 Å². The van der Waals surface area contributed by atoms with E-state index in [1.807, 2.05) is 17.5 Å². The average Bonchev–Trinajstić information content (AvgIpc) is 3.25. The average molecular weight is 356 g/mol. The molecule has 0 aliphatic carbocycles. The molecule has 25 heavy (non-hydrogen) atoms. The lowest BCUT2D eigenvalue weighted by Gasteiger charge is -2.23. The SMILES string of the molecule is CC(c1nnc(-c2cccs2)o1)N(C)Cc1ccc(C(C)(C)C)cc1. The summed E-state index contributed by atoms with van der Waals surface area (Å²) in [6, 6.07) is 12.9. The molecule has 0 spiro atoms. The van der Waals surface area contributed by atoms with E-state index in [9.17, 15) is 0 Å². The molecule has 0 saturated heterocycles. The van der Waals surface area contributed by atoms with Crippen molar-refractivity contribution in [1.29, 1.82) is 0 Å². The van der Waals surface area contributed by atoms with Gasteiger partial charge in [0.15, 0.2) is 0 Å². The molecule has 0 amide bonds. The van der Waals surface area contributed by atoms with E-state index in [2.05, 4.69) is 74.1 Å². The van der Waals surface area contributed by atoms with Gasteiger partial charge in [-0.2, -0.15) is 0 Å². The van der Waals surface area contributed by atoms with Gasteiger partial charge in [0.25, 0.3) is 5.89 Å². The van der Waals surface area contributed by atoms with Gasteiger partial charge in [0.1, 0.15) is 0 Å². The van der Waals surface area contributed by atoms with Crippen molar-refractivity contribution in [3.8, 4) is 10.8 Å². The molecule has 0 aliphatic heterocycles. The van der Waals surface area contributed by atoms with E-state index in [0.29, 0.717) is 11.8 Å². The van der Waals surface area contributed by atoms with Gasteiger partial charge in [0.2, 0.25) is 5.89 Å². The Morgan fingerprint density at radius 3 is 2.44 bits per heavy atom. The highest BCUT2D eigenvalue weighted by molar-refractivity contribution is 7.13. The highest BCUT2D eigenvalue weighted by atomic mass is 32.1. The van der Waals surface area contributed by atoms with Crippen LogP contribution in [0.25, 0.3) is 10.8 Å². The Labute approximate surface area is 153 Å². The zero-order valence-corrected chi connectivity index (χ0v) is 16.3. The van der Waals surface area contributed by atoms with Crippen molar-refractivity contribution < 1.29 is 4.42 Å². The van der Waals surface area contributed by atoms with Gasteiger partial charge in [-0.1, -0.05) is 51.1 Å². The van der Waals surface area contributed by atoms with E-state index >= 15 is 0 Å². The first kappa shape index (κ1) is 17.8. The number of nitrogens with zero attached hydrogens (tertiary/aromatic N) is 3. The van der Waals surface area contributed by atoms with Crippen molar-refractivity contribution in [1.82, 2.24) is 15.1 Å². The van der Waals surface area contributed by atoms with Gasteiger partial charge >= 0.3 is 0 Å². The Morgan fingerprint density at radius 2 is 1.84 bits per heavy atom. The molecule has 0 N–H and O–H groups in total. The van der Waals surface area contributed by atoms with Crippen LogP contribution in [-0.2, 0) is 12.0 Å².